The number of hydrogen-bond donors (Lipinski definition) is 2. The molecule has 0 atom stereocenters. The summed E-state index contributed by atoms with van der Waals surface area (Å²) < 4.78 is 11.4. The van der Waals surface area contributed by atoms with Crippen molar-refractivity contribution in [3.63, 3.8) is 0 Å². The molecule has 0 aliphatic rings. The monoisotopic (exact) mass is 384 g/mol. The molecule has 0 aliphatic heterocycles. The third kappa shape index (κ3) is 6.61. The molecular weight excluding hydrogens is 356 g/mol. The first-order valence-electron chi connectivity index (χ1n) is 9.57. The molecule has 0 saturated carbocycles. The standard InChI is InChI=1S/C22H28N2O4/c1-4-11-27-19-10-9-18(14-20(19)28-12-5-2)24-21(25)15-23-22(26)17-8-6-7-16(3)13-17/h6-10,13-14H,4-5,11-12,15H2,1-3H3,(H,23,26)(H,24,25). The van der Waals surface area contributed by atoms with E-state index < -0.39 is 0 Å². The fraction of sp³-hybridized carbons (Fsp3) is 0.364. The lowest BCUT2D eigenvalue weighted by Crippen LogP contribution is -2.32. The second kappa shape index (κ2) is 11.0. The van der Waals surface area contributed by atoms with Crippen LogP contribution < -0.4 is 20.1 Å². The van der Waals surface area contributed by atoms with Gasteiger partial charge in [0.2, 0.25) is 5.91 Å². The number of amides is 2. The number of aryl methyl sites for hydroxylation is 1. The Labute approximate surface area is 166 Å². The summed E-state index contributed by atoms with van der Waals surface area (Å²) >= 11 is 0. The molecule has 150 valence electrons. The van der Waals surface area contributed by atoms with Gasteiger partial charge in [-0.15, -0.1) is 0 Å². The van der Waals surface area contributed by atoms with E-state index in [2.05, 4.69) is 10.6 Å². The number of hydrogen-bond acceptors (Lipinski definition) is 4. The van der Waals surface area contributed by atoms with Gasteiger partial charge in [-0.1, -0.05) is 31.5 Å². The highest BCUT2D eigenvalue weighted by atomic mass is 16.5. The highest BCUT2D eigenvalue weighted by Gasteiger charge is 2.11. The number of carbonyl (C=O) groups is 2. The fourth-order valence-corrected chi connectivity index (χ4v) is 2.50. The predicted molar refractivity (Wildman–Crippen MR) is 110 cm³/mol. The van der Waals surface area contributed by atoms with Crippen molar-refractivity contribution in [2.45, 2.75) is 33.6 Å². The Morgan fingerprint density at radius 2 is 1.64 bits per heavy atom. The average Bonchev–Trinajstić information content (AvgIpc) is 2.69. The maximum Gasteiger partial charge on any atom is 0.251 e. The van der Waals surface area contributed by atoms with Crippen LogP contribution in [0.15, 0.2) is 42.5 Å². The molecule has 6 heteroatoms. The minimum atomic E-state index is -0.315. The molecule has 2 aromatic rings. The van der Waals surface area contributed by atoms with Crippen LogP contribution in [-0.2, 0) is 4.79 Å². The zero-order valence-corrected chi connectivity index (χ0v) is 16.7. The number of anilines is 1. The Morgan fingerprint density at radius 3 is 2.32 bits per heavy atom. The van der Waals surface area contributed by atoms with Gasteiger partial charge < -0.3 is 20.1 Å². The van der Waals surface area contributed by atoms with Gasteiger partial charge in [0.1, 0.15) is 0 Å². The minimum absolute atomic E-state index is 0.119. The van der Waals surface area contributed by atoms with Crippen LogP contribution in [0.1, 0.15) is 42.6 Å². The first kappa shape index (κ1) is 21.3. The lowest BCUT2D eigenvalue weighted by molar-refractivity contribution is -0.115. The zero-order chi connectivity index (χ0) is 20.4. The first-order chi connectivity index (χ1) is 13.5. The summed E-state index contributed by atoms with van der Waals surface area (Å²) in [6.45, 7) is 7.01. The number of carbonyl (C=O) groups excluding carboxylic acids is 2. The fourth-order valence-electron chi connectivity index (χ4n) is 2.50. The second-order valence-corrected chi connectivity index (χ2v) is 6.46. The number of nitrogens with one attached hydrogen (secondary N) is 2. The van der Waals surface area contributed by atoms with Crippen LogP contribution in [0.5, 0.6) is 11.5 Å². The Hall–Kier alpha value is -3.02. The highest BCUT2D eigenvalue weighted by molar-refractivity contribution is 5.99. The lowest BCUT2D eigenvalue weighted by Gasteiger charge is -2.14. The van der Waals surface area contributed by atoms with Crippen LogP contribution >= 0.6 is 0 Å². The molecule has 2 N–H and O–H groups in total. The zero-order valence-electron chi connectivity index (χ0n) is 16.7. The molecule has 6 nitrogen and oxygen atoms in total. The molecule has 28 heavy (non-hydrogen) atoms. The average molecular weight is 384 g/mol. The van der Waals surface area contributed by atoms with Gasteiger partial charge in [0.05, 0.1) is 19.8 Å². The predicted octanol–water partition coefficient (Wildman–Crippen LogP) is 3.94. The van der Waals surface area contributed by atoms with Crippen molar-refractivity contribution in [2.24, 2.45) is 0 Å². The molecule has 2 aromatic carbocycles. The maximum absolute atomic E-state index is 12.2. The summed E-state index contributed by atoms with van der Waals surface area (Å²) in [4.78, 5) is 24.3. The molecule has 0 saturated heterocycles. The summed E-state index contributed by atoms with van der Waals surface area (Å²) in [5.74, 6) is 0.650. The van der Waals surface area contributed by atoms with Gasteiger partial charge in [0.15, 0.2) is 11.5 Å². The lowest BCUT2D eigenvalue weighted by atomic mass is 10.1. The Kier molecular flexibility index (Phi) is 8.34. The summed E-state index contributed by atoms with van der Waals surface area (Å²) in [5, 5.41) is 5.40. The summed E-state index contributed by atoms with van der Waals surface area (Å²) in [5.41, 5.74) is 2.10. The second-order valence-electron chi connectivity index (χ2n) is 6.46. The van der Waals surface area contributed by atoms with E-state index in [1.54, 1.807) is 30.3 Å². The van der Waals surface area contributed by atoms with Crippen LogP contribution in [0.25, 0.3) is 0 Å². The molecule has 0 bridgehead atoms. The number of rotatable bonds is 10. The normalized spacial score (nSPS) is 10.2. The van der Waals surface area contributed by atoms with Crippen LogP contribution in [0, 0.1) is 6.92 Å². The van der Waals surface area contributed by atoms with E-state index in [4.69, 9.17) is 9.47 Å². The van der Waals surface area contributed by atoms with E-state index in [0.29, 0.717) is 36.0 Å². The van der Waals surface area contributed by atoms with Crippen molar-refractivity contribution in [1.29, 1.82) is 0 Å². The largest absolute Gasteiger partial charge is 0.490 e. The summed E-state index contributed by atoms with van der Waals surface area (Å²) in [6.07, 6.45) is 1.77. The maximum atomic E-state index is 12.2. The molecule has 0 heterocycles. The van der Waals surface area contributed by atoms with Crippen LogP contribution in [0.3, 0.4) is 0 Å². The van der Waals surface area contributed by atoms with E-state index >= 15 is 0 Å². The van der Waals surface area contributed by atoms with Crippen molar-refractivity contribution < 1.29 is 19.1 Å². The summed E-state index contributed by atoms with van der Waals surface area (Å²) in [6, 6.07) is 12.5. The van der Waals surface area contributed by atoms with E-state index in [1.165, 1.54) is 0 Å². The van der Waals surface area contributed by atoms with Crippen molar-refractivity contribution >= 4 is 17.5 Å². The minimum Gasteiger partial charge on any atom is -0.490 e. The third-order valence-electron chi connectivity index (χ3n) is 3.84. The van der Waals surface area contributed by atoms with Gasteiger partial charge in [-0.05, 0) is 44.0 Å². The number of benzene rings is 2. The van der Waals surface area contributed by atoms with E-state index in [0.717, 1.165) is 18.4 Å². The van der Waals surface area contributed by atoms with E-state index in [-0.39, 0.29) is 18.4 Å². The first-order valence-corrected chi connectivity index (χ1v) is 9.57. The van der Waals surface area contributed by atoms with Crippen molar-refractivity contribution in [3.8, 4) is 11.5 Å². The van der Waals surface area contributed by atoms with E-state index in [1.807, 2.05) is 32.9 Å². The molecule has 0 aliphatic carbocycles. The van der Waals surface area contributed by atoms with Gasteiger partial charge in [-0.25, -0.2) is 0 Å². The molecule has 0 fully saturated rings. The highest BCUT2D eigenvalue weighted by Crippen LogP contribution is 2.30. The van der Waals surface area contributed by atoms with Gasteiger partial charge >= 0.3 is 0 Å². The molecular formula is C22H28N2O4. The van der Waals surface area contributed by atoms with Gasteiger partial charge in [-0.3, -0.25) is 9.59 Å². The number of ether oxygens (including phenoxy) is 2. The van der Waals surface area contributed by atoms with Crippen molar-refractivity contribution in [2.75, 3.05) is 25.1 Å². The summed E-state index contributed by atoms with van der Waals surface area (Å²) in [7, 11) is 0. The Morgan fingerprint density at radius 1 is 0.929 bits per heavy atom. The molecule has 0 aromatic heterocycles. The molecule has 2 amide bonds. The smallest absolute Gasteiger partial charge is 0.251 e. The molecule has 0 radical (unpaired) electrons. The third-order valence-corrected chi connectivity index (χ3v) is 3.84. The van der Waals surface area contributed by atoms with E-state index in [9.17, 15) is 9.59 Å². The van der Waals surface area contributed by atoms with Crippen LogP contribution in [-0.4, -0.2) is 31.6 Å². The Balaban J connectivity index is 1.95. The molecule has 0 unspecified atom stereocenters. The van der Waals surface area contributed by atoms with Crippen LogP contribution in [0.2, 0.25) is 0 Å². The van der Waals surface area contributed by atoms with Gasteiger partial charge in [-0.2, -0.15) is 0 Å². The van der Waals surface area contributed by atoms with Crippen molar-refractivity contribution in [3.05, 3.63) is 53.6 Å². The quantitative estimate of drug-likeness (QED) is 0.650. The molecule has 2 rings (SSSR count). The van der Waals surface area contributed by atoms with Crippen LogP contribution in [0.4, 0.5) is 5.69 Å². The SMILES string of the molecule is CCCOc1ccc(NC(=O)CNC(=O)c2cccc(C)c2)cc1OCCC. The topological polar surface area (TPSA) is 76.7 Å². The van der Waals surface area contributed by atoms with Crippen molar-refractivity contribution in [1.82, 2.24) is 5.32 Å². The van der Waals surface area contributed by atoms with Gasteiger partial charge in [0.25, 0.3) is 5.91 Å². The van der Waals surface area contributed by atoms with Gasteiger partial charge in [0, 0.05) is 17.3 Å². The Bertz CT molecular complexity index is 805. The molecule has 0 spiro atoms.